The van der Waals surface area contributed by atoms with Gasteiger partial charge in [0.2, 0.25) is 5.95 Å². The normalized spacial score (nSPS) is 21.7. The zero-order chi connectivity index (χ0) is 21.0. The van der Waals surface area contributed by atoms with Crippen molar-refractivity contribution in [3.8, 4) is 11.3 Å². The number of ether oxygens (including phenoxy) is 1. The summed E-state index contributed by atoms with van der Waals surface area (Å²) in [6.45, 7) is 6.07. The van der Waals surface area contributed by atoms with E-state index in [0.717, 1.165) is 72.9 Å². The monoisotopic (exact) mass is 417 g/mol. The second kappa shape index (κ2) is 7.02. The molecule has 1 saturated carbocycles. The molecule has 0 unspecified atom stereocenters. The first-order valence-corrected chi connectivity index (χ1v) is 11.1. The van der Waals surface area contributed by atoms with Crippen LogP contribution >= 0.6 is 0 Å². The molecule has 3 aliphatic rings. The number of aromatic nitrogens is 4. The van der Waals surface area contributed by atoms with Gasteiger partial charge in [0.25, 0.3) is 0 Å². The molecule has 1 spiro atoms. The van der Waals surface area contributed by atoms with E-state index in [1.165, 1.54) is 0 Å². The highest BCUT2D eigenvalue weighted by Crippen LogP contribution is 2.47. The Labute approximate surface area is 181 Å². The average molecular weight is 418 g/mol. The van der Waals surface area contributed by atoms with Crippen LogP contribution in [0.1, 0.15) is 39.5 Å². The predicted molar refractivity (Wildman–Crippen MR) is 121 cm³/mol. The molecule has 0 amide bonds. The summed E-state index contributed by atoms with van der Waals surface area (Å²) >= 11 is 0. The Bertz CT molecular complexity index is 1170. The molecule has 160 valence electrons. The lowest BCUT2D eigenvalue weighted by atomic mass is 9.64. The summed E-state index contributed by atoms with van der Waals surface area (Å²) in [7, 11) is 0. The lowest BCUT2D eigenvalue weighted by Gasteiger charge is -2.53. The first-order chi connectivity index (χ1) is 15.1. The average Bonchev–Trinajstić information content (AvgIpc) is 3.12. The molecule has 2 N–H and O–H groups in total. The quantitative estimate of drug-likeness (QED) is 0.651. The fourth-order valence-electron chi connectivity index (χ4n) is 4.99. The summed E-state index contributed by atoms with van der Waals surface area (Å²) in [4.78, 5) is 14.2. The summed E-state index contributed by atoms with van der Waals surface area (Å²) in [5.74, 6) is 1.51. The number of hydrogen-bond donors (Lipinski definition) is 2. The van der Waals surface area contributed by atoms with Crippen molar-refractivity contribution in [3.05, 3.63) is 30.6 Å². The van der Waals surface area contributed by atoms with Crippen LogP contribution in [-0.4, -0.2) is 50.6 Å². The first kappa shape index (κ1) is 18.7. The lowest BCUT2D eigenvalue weighted by molar-refractivity contribution is -0.160. The smallest absolute Gasteiger partial charge is 0.241 e. The van der Waals surface area contributed by atoms with Crippen molar-refractivity contribution in [1.29, 1.82) is 0 Å². The minimum Gasteiger partial charge on any atom is -0.380 e. The molecule has 0 bridgehead atoms. The Morgan fingerprint density at radius 3 is 2.90 bits per heavy atom. The van der Waals surface area contributed by atoms with Crippen LogP contribution in [-0.2, 0) is 4.74 Å². The Morgan fingerprint density at radius 1 is 1.26 bits per heavy atom. The Hall–Kier alpha value is -3.00. The van der Waals surface area contributed by atoms with Crippen LogP contribution < -0.4 is 10.6 Å². The Morgan fingerprint density at radius 2 is 2.13 bits per heavy atom. The van der Waals surface area contributed by atoms with Gasteiger partial charge in [0, 0.05) is 28.9 Å². The van der Waals surface area contributed by atoms with Crippen molar-refractivity contribution in [2.45, 2.75) is 51.6 Å². The van der Waals surface area contributed by atoms with Crippen LogP contribution in [0.2, 0.25) is 0 Å². The van der Waals surface area contributed by atoms with Gasteiger partial charge in [-0.3, -0.25) is 4.99 Å². The molecular formula is C23H27N7O. The fourth-order valence-corrected chi connectivity index (χ4v) is 4.99. The minimum atomic E-state index is 0.250. The van der Waals surface area contributed by atoms with Gasteiger partial charge < -0.3 is 15.4 Å². The maximum Gasteiger partial charge on any atom is 0.241 e. The zero-order valence-electron chi connectivity index (χ0n) is 17.9. The van der Waals surface area contributed by atoms with Gasteiger partial charge >= 0.3 is 0 Å². The second-order valence-corrected chi connectivity index (χ2v) is 9.19. The van der Waals surface area contributed by atoms with E-state index in [0.29, 0.717) is 17.4 Å². The van der Waals surface area contributed by atoms with E-state index in [2.05, 4.69) is 34.6 Å². The highest BCUT2D eigenvalue weighted by atomic mass is 16.5. The van der Waals surface area contributed by atoms with Crippen molar-refractivity contribution < 1.29 is 4.74 Å². The van der Waals surface area contributed by atoms with E-state index < -0.39 is 0 Å². The molecule has 1 aliphatic carbocycles. The van der Waals surface area contributed by atoms with Gasteiger partial charge in [-0.1, -0.05) is 13.3 Å². The van der Waals surface area contributed by atoms with E-state index in [-0.39, 0.29) is 6.04 Å². The molecule has 31 heavy (non-hydrogen) atoms. The summed E-state index contributed by atoms with van der Waals surface area (Å²) in [6, 6.07) is 6.79. The number of aliphatic imine (C=N–C) groups is 1. The topological polar surface area (TPSA) is 88.7 Å². The summed E-state index contributed by atoms with van der Waals surface area (Å²) in [5.41, 5.74) is 5.30. The van der Waals surface area contributed by atoms with Gasteiger partial charge in [0.05, 0.1) is 36.7 Å². The molecule has 1 atom stereocenters. The molecule has 8 nitrogen and oxygen atoms in total. The molecule has 3 aromatic heterocycles. The van der Waals surface area contributed by atoms with E-state index in [1.54, 1.807) is 0 Å². The van der Waals surface area contributed by atoms with Crippen LogP contribution in [0.5, 0.6) is 0 Å². The molecule has 0 radical (unpaired) electrons. The van der Waals surface area contributed by atoms with Crippen molar-refractivity contribution in [2.24, 2.45) is 10.4 Å². The first-order valence-electron chi connectivity index (χ1n) is 11.1. The van der Waals surface area contributed by atoms with Crippen molar-refractivity contribution in [3.63, 3.8) is 0 Å². The van der Waals surface area contributed by atoms with Gasteiger partial charge in [-0.2, -0.15) is 0 Å². The molecule has 2 aliphatic heterocycles. The minimum absolute atomic E-state index is 0.250. The molecule has 8 heteroatoms. The molecule has 0 aromatic carbocycles. The summed E-state index contributed by atoms with van der Waals surface area (Å²) in [6.07, 6.45) is 8.27. The molecular weight excluding hydrogens is 390 g/mol. The summed E-state index contributed by atoms with van der Waals surface area (Å²) < 4.78 is 7.24. The van der Waals surface area contributed by atoms with Crippen LogP contribution in [0.25, 0.3) is 16.8 Å². The van der Waals surface area contributed by atoms with Gasteiger partial charge in [-0.15, -0.1) is 5.10 Å². The van der Waals surface area contributed by atoms with E-state index in [1.807, 2.05) is 35.1 Å². The highest BCUT2D eigenvalue weighted by Gasteiger charge is 2.49. The Kier molecular flexibility index (Phi) is 4.24. The standard InChI is InChI=1S/C23H27N7O/c1-3-4-17-14(2)25-19-6-5-18(28-21(19)27-17)16-7-8-30-20(16)11-24-22(29-30)26-15-9-23(10-15)12-31-13-23/h5-8,11,15,17H,3-4,9-10,12-13H2,1-2H3,(H,26,29)(H,27,28)/t17-/m0/s1. The molecule has 3 aromatic rings. The van der Waals surface area contributed by atoms with Crippen LogP contribution in [0.4, 0.5) is 17.5 Å². The number of nitrogens with zero attached hydrogens (tertiary/aromatic N) is 5. The number of rotatable bonds is 5. The molecule has 2 fully saturated rings. The molecule has 6 rings (SSSR count). The lowest BCUT2D eigenvalue weighted by Crippen LogP contribution is -2.56. The molecule has 5 heterocycles. The van der Waals surface area contributed by atoms with Crippen molar-refractivity contribution in [2.75, 3.05) is 23.8 Å². The number of hydrogen-bond acceptors (Lipinski definition) is 7. The number of nitrogens with one attached hydrogen (secondary N) is 2. The third-order valence-electron chi connectivity index (χ3n) is 6.76. The predicted octanol–water partition coefficient (Wildman–Crippen LogP) is 4.07. The van der Waals surface area contributed by atoms with Gasteiger partial charge in [-0.05, 0) is 44.4 Å². The largest absolute Gasteiger partial charge is 0.380 e. The van der Waals surface area contributed by atoms with Crippen molar-refractivity contribution >= 4 is 28.7 Å². The van der Waals surface area contributed by atoms with Gasteiger partial charge in [0.15, 0.2) is 5.82 Å². The number of anilines is 2. The van der Waals surface area contributed by atoms with Crippen LogP contribution in [0, 0.1) is 5.41 Å². The van der Waals surface area contributed by atoms with E-state index in [9.17, 15) is 0 Å². The van der Waals surface area contributed by atoms with Crippen LogP contribution in [0.15, 0.2) is 35.6 Å². The third kappa shape index (κ3) is 3.17. The third-order valence-corrected chi connectivity index (χ3v) is 6.76. The maximum absolute atomic E-state index is 5.36. The van der Waals surface area contributed by atoms with Gasteiger partial charge in [-0.25, -0.2) is 14.5 Å². The highest BCUT2D eigenvalue weighted by molar-refractivity contribution is 5.96. The fraction of sp³-hybridized carbons (Fsp3) is 0.478. The SMILES string of the molecule is CCC[C@@H]1Nc2nc(-c3ccn4nc(NC5CC6(COC6)C5)ncc34)ccc2N=C1C. The zero-order valence-corrected chi connectivity index (χ0v) is 17.9. The number of fused-ring (bicyclic) bond motifs is 2. The maximum atomic E-state index is 5.36. The summed E-state index contributed by atoms with van der Waals surface area (Å²) in [5, 5.41) is 11.7. The van der Waals surface area contributed by atoms with E-state index in [4.69, 9.17) is 14.7 Å². The Balaban J connectivity index is 1.24. The van der Waals surface area contributed by atoms with Gasteiger partial charge in [0.1, 0.15) is 5.69 Å². The molecule has 1 saturated heterocycles. The van der Waals surface area contributed by atoms with Crippen LogP contribution in [0.3, 0.4) is 0 Å². The second-order valence-electron chi connectivity index (χ2n) is 9.19. The van der Waals surface area contributed by atoms with Crippen molar-refractivity contribution in [1.82, 2.24) is 19.6 Å². The van der Waals surface area contributed by atoms with E-state index >= 15 is 0 Å². The number of pyridine rings is 1.